The summed E-state index contributed by atoms with van der Waals surface area (Å²) in [6.45, 7) is 4.92. The molecule has 2 unspecified atom stereocenters. The van der Waals surface area contributed by atoms with Crippen molar-refractivity contribution in [3.63, 3.8) is 0 Å². The molecule has 6 heteroatoms. The van der Waals surface area contributed by atoms with Gasteiger partial charge in [0.25, 0.3) is 0 Å². The van der Waals surface area contributed by atoms with Crippen LogP contribution in [0.4, 0.5) is 0 Å². The minimum atomic E-state index is -0.839. The van der Waals surface area contributed by atoms with Gasteiger partial charge in [0.05, 0.1) is 25.4 Å². The van der Waals surface area contributed by atoms with Gasteiger partial charge in [-0.3, -0.25) is 9.59 Å². The van der Waals surface area contributed by atoms with E-state index < -0.39 is 12.1 Å². The summed E-state index contributed by atoms with van der Waals surface area (Å²) in [7, 11) is 0. The van der Waals surface area contributed by atoms with E-state index in [2.05, 4.69) is 31.3 Å². The minimum Gasteiger partial charge on any atom is -0.466 e. The highest BCUT2D eigenvalue weighted by molar-refractivity contribution is 5.76. The van der Waals surface area contributed by atoms with E-state index in [-0.39, 0.29) is 18.5 Å². The summed E-state index contributed by atoms with van der Waals surface area (Å²) >= 11 is 0. The number of aliphatic hydroxyl groups is 2. The molecule has 0 aliphatic heterocycles. The van der Waals surface area contributed by atoms with Crippen LogP contribution in [0.3, 0.4) is 0 Å². The van der Waals surface area contributed by atoms with E-state index in [1.54, 1.807) is 6.08 Å². The van der Waals surface area contributed by atoms with Gasteiger partial charge in [0.15, 0.2) is 0 Å². The van der Waals surface area contributed by atoms with Crippen molar-refractivity contribution >= 4 is 11.9 Å². The van der Waals surface area contributed by atoms with Gasteiger partial charge in [-0.2, -0.15) is 0 Å². The van der Waals surface area contributed by atoms with Crippen LogP contribution in [0.5, 0.6) is 0 Å². The number of ether oxygens (including phenoxy) is 1. The van der Waals surface area contributed by atoms with Crippen LogP contribution < -0.4 is 5.32 Å². The van der Waals surface area contributed by atoms with E-state index >= 15 is 0 Å². The molecule has 480 valence electrons. The molecule has 0 aromatic heterocycles. The number of rotatable bonds is 70. The molecule has 0 aromatic rings. The quantitative estimate of drug-likeness (QED) is 0.0320. The van der Waals surface area contributed by atoms with E-state index in [1.165, 1.54) is 353 Å². The zero-order chi connectivity index (χ0) is 58.5. The van der Waals surface area contributed by atoms with Crippen molar-refractivity contribution in [1.29, 1.82) is 0 Å². The lowest BCUT2D eigenvalue weighted by molar-refractivity contribution is -0.143. The van der Waals surface area contributed by atoms with Crippen LogP contribution >= 0.6 is 0 Å². The third kappa shape index (κ3) is 67.3. The first-order valence-electron chi connectivity index (χ1n) is 37.1. The average molecular weight is 1140 g/mol. The Morgan fingerprint density at radius 1 is 0.333 bits per heavy atom. The molecule has 0 rings (SSSR count). The van der Waals surface area contributed by atoms with E-state index in [4.69, 9.17) is 4.74 Å². The van der Waals surface area contributed by atoms with E-state index in [0.717, 1.165) is 38.5 Å². The molecule has 0 saturated heterocycles. The van der Waals surface area contributed by atoms with Gasteiger partial charge in [-0.1, -0.05) is 372 Å². The van der Waals surface area contributed by atoms with E-state index in [9.17, 15) is 19.8 Å². The molecule has 0 saturated carbocycles. The SMILES string of the molecule is CCCCCCCCCC/C=C/C(O)C(CO)NC(=O)CCCCCCCCCCCCCCCCCCC/C=C\CCCCCCCCCCCCCCCCCCOC(=O)CCCCCCCCCCCCCCCCCCC. The summed E-state index contributed by atoms with van der Waals surface area (Å²) in [5.74, 6) is -0.0382. The molecule has 2 atom stereocenters. The van der Waals surface area contributed by atoms with Gasteiger partial charge in [0.1, 0.15) is 0 Å². The van der Waals surface area contributed by atoms with Gasteiger partial charge in [-0.15, -0.1) is 0 Å². The molecule has 0 heterocycles. The first-order valence-corrected chi connectivity index (χ1v) is 37.1. The number of aliphatic hydroxyl groups excluding tert-OH is 2. The van der Waals surface area contributed by atoms with Crippen molar-refractivity contribution in [2.75, 3.05) is 13.2 Å². The maximum Gasteiger partial charge on any atom is 0.305 e. The third-order valence-corrected chi connectivity index (χ3v) is 17.5. The Labute approximate surface area is 507 Å². The van der Waals surface area contributed by atoms with Crippen LogP contribution in [-0.4, -0.2) is 47.4 Å². The minimum absolute atomic E-state index is 0.0259. The molecule has 0 radical (unpaired) electrons. The lowest BCUT2D eigenvalue weighted by Gasteiger charge is -2.20. The largest absolute Gasteiger partial charge is 0.466 e. The van der Waals surface area contributed by atoms with Gasteiger partial charge in [0.2, 0.25) is 5.91 Å². The van der Waals surface area contributed by atoms with Crippen molar-refractivity contribution < 1.29 is 24.5 Å². The third-order valence-electron chi connectivity index (χ3n) is 17.5. The Hall–Kier alpha value is -1.66. The summed E-state index contributed by atoms with van der Waals surface area (Å²) in [6, 6.07) is -0.623. The summed E-state index contributed by atoms with van der Waals surface area (Å²) in [5.41, 5.74) is 0. The smallest absolute Gasteiger partial charge is 0.305 e. The van der Waals surface area contributed by atoms with Crippen LogP contribution in [0.25, 0.3) is 0 Å². The van der Waals surface area contributed by atoms with Crippen LogP contribution in [0.15, 0.2) is 24.3 Å². The molecule has 0 fully saturated rings. The van der Waals surface area contributed by atoms with Crippen molar-refractivity contribution in [1.82, 2.24) is 5.32 Å². The fraction of sp³-hybridized carbons (Fsp3) is 0.920. The highest BCUT2D eigenvalue weighted by Gasteiger charge is 2.18. The van der Waals surface area contributed by atoms with Crippen LogP contribution in [0.1, 0.15) is 418 Å². The average Bonchev–Trinajstić information content (AvgIpc) is 3.47. The molecule has 0 aliphatic rings. The maximum absolute atomic E-state index is 12.4. The van der Waals surface area contributed by atoms with Gasteiger partial charge >= 0.3 is 5.97 Å². The molecule has 0 spiro atoms. The number of allylic oxidation sites excluding steroid dienone is 3. The van der Waals surface area contributed by atoms with Crippen molar-refractivity contribution in [3.8, 4) is 0 Å². The fourth-order valence-electron chi connectivity index (χ4n) is 11.8. The Morgan fingerprint density at radius 3 is 0.877 bits per heavy atom. The predicted molar refractivity (Wildman–Crippen MR) is 356 cm³/mol. The molecule has 3 N–H and O–H groups in total. The second kappa shape index (κ2) is 70.8. The number of unbranched alkanes of at least 4 members (excludes halogenated alkanes) is 57. The number of carbonyl (C=O) groups is 2. The normalized spacial score (nSPS) is 12.6. The van der Waals surface area contributed by atoms with Gasteiger partial charge in [-0.05, 0) is 57.8 Å². The Balaban J connectivity index is 3.30. The first-order chi connectivity index (χ1) is 40.0. The molecule has 0 bridgehead atoms. The number of nitrogens with one attached hydrogen (secondary N) is 1. The number of esters is 1. The molecular formula is C75H145NO5. The highest BCUT2D eigenvalue weighted by atomic mass is 16.5. The van der Waals surface area contributed by atoms with Gasteiger partial charge in [0, 0.05) is 12.8 Å². The molecule has 81 heavy (non-hydrogen) atoms. The number of carbonyl (C=O) groups excluding carboxylic acids is 2. The highest BCUT2D eigenvalue weighted by Crippen LogP contribution is 2.19. The van der Waals surface area contributed by atoms with E-state index in [1.807, 2.05) is 6.08 Å². The van der Waals surface area contributed by atoms with Gasteiger partial charge < -0.3 is 20.3 Å². The van der Waals surface area contributed by atoms with Crippen molar-refractivity contribution in [2.45, 2.75) is 431 Å². The van der Waals surface area contributed by atoms with Crippen molar-refractivity contribution in [2.24, 2.45) is 0 Å². The Kier molecular flexibility index (Phi) is 69.4. The number of amides is 1. The summed E-state index contributed by atoms with van der Waals surface area (Å²) in [5, 5.41) is 23.0. The van der Waals surface area contributed by atoms with Gasteiger partial charge in [-0.25, -0.2) is 0 Å². The summed E-state index contributed by atoms with van der Waals surface area (Å²) < 4.78 is 5.51. The first kappa shape index (κ1) is 79.3. The Morgan fingerprint density at radius 2 is 0.580 bits per heavy atom. The second-order valence-electron chi connectivity index (χ2n) is 25.6. The molecule has 0 aliphatic carbocycles. The van der Waals surface area contributed by atoms with Crippen LogP contribution in [0.2, 0.25) is 0 Å². The Bertz CT molecular complexity index is 1270. The number of hydrogen-bond donors (Lipinski definition) is 3. The fourth-order valence-corrected chi connectivity index (χ4v) is 11.8. The predicted octanol–water partition coefficient (Wildman–Crippen LogP) is 24.1. The molecule has 0 aromatic carbocycles. The van der Waals surface area contributed by atoms with Crippen LogP contribution in [0, 0.1) is 0 Å². The zero-order valence-electron chi connectivity index (χ0n) is 55.0. The monoisotopic (exact) mass is 1140 g/mol. The topological polar surface area (TPSA) is 95.9 Å². The standard InChI is InChI=1S/C75H145NO5/c1-3-5-7-9-11-13-15-16-17-39-43-46-49-53-57-61-65-69-75(80)81-70-66-62-58-54-50-47-44-41-38-36-34-32-30-28-26-24-22-20-18-19-21-23-25-27-29-31-33-35-37-40-42-45-48-52-56-60-64-68-74(79)76-72(71-77)73(78)67-63-59-55-51-14-12-10-8-6-4-2/h18,20,63,67,72-73,77-78H,3-17,19,21-62,64-66,68-71H2,1-2H3,(H,76,79)/b20-18-,67-63+. The van der Waals surface area contributed by atoms with Crippen LogP contribution in [-0.2, 0) is 14.3 Å². The summed E-state index contributed by atoms with van der Waals surface area (Å²) in [6.07, 6.45) is 90.2. The molecule has 1 amide bonds. The van der Waals surface area contributed by atoms with Crippen molar-refractivity contribution in [3.05, 3.63) is 24.3 Å². The molecule has 6 nitrogen and oxygen atoms in total. The lowest BCUT2D eigenvalue weighted by atomic mass is 10.0. The summed E-state index contributed by atoms with van der Waals surface area (Å²) in [4.78, 5) is 24.5. The molecular weight excluding hydrogens is 995 g/mol. The maximum atomic E-state index is 12.4. The number of hydrogen-bond acceptors (Lipinski definition) is 5. The lowest BCUT2D eigenvalue weighted by Crippen LogP contribution is -2.45. The zero-order valence-corrected chi connectivity index (χ0v) is 55.0. The second-order valence-corrected chi connectivity index (χ2v) is 25.6. The van der Waals surface area contributed by atoms with E-state index in [0.29, 0.717) is 19.4 Å².